The van der Waals surface area contributed by atoms with Crippen LogP contribution >= 0.6 is 0 Å². The molecule has 0 bridgehead atoms. The number of rotatable bonds is 4. The van der Waals surface area contributed by atoms with E-state index in [9.17, 15) is 9.59 Å². The molecule has 31 heavy (non-hydrogen) atoms. The minimum Gasteiger partial charge on any atom is -0.457 e. The third-order valence-electron chi connectivity index (χ3n) is 4.62. The van der Waals surface area contributed by atoms with Crippen LogP contribution < -0.4 is 15.0 Å². The highest BCUT2D eigenvalue weighted by molar-refractivity contribution is 5.88. The van der Waals surface area contributed by atoms with Crippen molar-refractivity contribution in [2.45, 2.75) is 0 Å². The van der Waals surface area contributed by atoms with E-state index in [0.717, 1.165) is 10.8 Å². The molecule has 0 aliphatic rings. The van der Waals surface area contributed by atoms with Crippen molar-refractivity contribution in [3.63, 3.8) is 0 Å². The number of aromatic amines is 1. The first-order valence-electron chi connectivity index (χ1n) is 9.22. The number of nitrogens with one attached hydrogen (secondary N) is 1. The molecule has 0 spiro atoms. The van der Waals surface area contributed by atoms with E-state index in [1.165, 1.54) is 17.1 Å². The van der Waals surface area contributed by atoms with Gasteiger partial charge in [0, 0.05) is 5.39 Å². The second-order valence-electron chi connectivity index (χ2n) is 6.64. The zero-order valence-corrected chi connectivity index (χ0v) is 15.9. The molecule has 2 aromatic heterocycles. The summed E-state index contributed by atoms with van der Waals surface area (Å²) in [5.41, 5.74) is 0.0415. The summed E-state index contributed by atoms with van der Waals surface area (Å²) in [6.45, 7) is 0. The van der Waals surface area contributed by atoms with Gasteiger partial charge in [-0.2, -0.15) is 5.10 Å². The molecule has 5 aromatic rings. The lowest BCUT2D eigenvalue weighted by atomic mass is 10.1. The Morgan fingerprint density at radius 1 is 1.00 bits per heavy atom. The lowest BCUT2D eigenvalue weighted by Crippen LogP contribution is -2.13. The van der Waals surface area contributed by atoms with Gasteiger partial charge in [-0.3, -0.25) is 9.78 Å². The van der Waals surface area contributed by atoms with Crippen molar-refractivity contribution in [2.75, 3.05) is 0 Å². The van der Waals surface area contributed by atoms with E-state index in [1.54, 1.807) is 18.2 Å². The molecular weight excluding hydrogens is 400 g/mol. The number of benzene rings is 3. The minimum absolute atomic E-state index is 0.00841. The fraction of sp³-hybridized carbons (Fsp3) is 0. The highest BCUT2D eigenvalue weighted by Crippen LogP contribution is 2.30. The van der Waals surface area contributed by atoms with Gasteiger partial charge in [0.15, 0.2) is 5.75 Å². The van der Waals surface area contributed by atoms with Gasteiger partial charge >= 0.3 is 6.16 Å². The van der Waals surface area contributed by atoms with Crippen LogP contribution in [-0.4, -0.2) is 31.0 Å². The topological polar surface area (TPSA) is 119 Å². The maximum Gasteiger partial charge on any atom is 0.511 e. The summed E-state index contributed by atoms with van der Waals surface area (Å²) in [4.78, 5) is 30.3. The molecule has 9 nitrogen and oxygen atoms in total. The fourth-order valence-electron chi connectivity index (χ4n) is 3.26. The van der Waals surface area contributed by atoms with E-state index in [0.29, 0.717) is 22.4 Å². The van der Waals surface area contributed by atoms with Crippen LogP contribution in [0, 0.1) is 0 Å². The van der Waals surface area contributed by atoms with E-state index >= 15 is 0 Å². The molecule has 0 saturated carbocycles. The highest BCUT2D eigenvalue weighted by Gasteiger charge is 2.11. The van der Waals surface area contributed by atoms with E-state index in [4.69, 9.17) is 9.84 Å². The van der Waals surface area contributed by atoms with Gasteiger partial charge in [-0.15, -0.1) is 0 Å². The van der Waals surface area contributed by atoms with Crippen molar-refractivity contribution in [1.29, 1.82) is 0 Å². The molecule has 0 fully saturated rings. The van der Waals surface area contributed by atoms with E-state index < -0.39 is 6.16 Å². The van der Waals surface area contributed by atoms with Crippen LogP contribution in [0.5, 0.6) is 17.2 Å². The predicted molar refractivity (Wildman–Crippen MR) is 112 cm³/mol. The summed E-state index contributed by atoms with van der Waals surface area (Å²) in [5.74, 6) is 1.32. The number of nitrogens with zero attached hydrogens (tertiary/aromatic N) is 3. The van der Waals surface area contributed by atoms with Crippen molar-refractivity contribution < 1.29 is 19.4 Å². The highest BCUT2D eigenvalue weighted by atomic mass is 16.7. The standard InChI is InChI=1S/C22H14N4O5/c27-20-17-10-14(30-19-7-3-5-13-4-1-2-6-16(13)19)8-9-18(17)24-21(25-20)26-12-15(11-23-26)31-22(28)29/h1-12H,(H,28,29)(H,24,25,27). The number of aromatic nitrogens is 4. The Morgan fingerprint density at radius 3 is 2.71 bits per heavy atom. The van der Waals surface area contributed by atoms with Crippen molar-refractivity contribution in [2.24, 2.45) is 0 Å². The SMILES string of the molecule is O=C(O)Oc1cnn(-c2nc3ccc(Oc4cccc5ccccc45)cc3c(=O)[nH]2)c1. The van der Waals surface area contributed by atoms with Crippen LogP contribution in [0.4, 0.5) is 4.79 Å². The van der Waals surface area contributed by atoms with Gasteiger partial charge in [0.2, 0.25) is 5.95 Å². The Labute approximate surface area is 174 Å². The van der Waals surface area contributed by atoms with Gasteiger partial charge in [0.05, 0.1) is 23.3 Å². The van der Waals surface area contributed by atoms with Crippen LogP contribution in [0.15, 0.2) is 77.9 Å². The number of hydrogen-bond donors (Lipinski definition) is 2. The van der Waals surface area contributed by atoms with Crippen LogP contribution in [0.25, 0.3) is 27.6 Å². The van der Waals surface area contributed by atoms with Crippen LogP contribution in [0.1, 0.15) is 0 Å². The van der Waals surface area contributed by atoms with Crippen LogP contribution in [-0.2, 0) is 0 Å². The minimum atomic E-state index is -1.46. The normalized spacial score (nSPS) is 11.0. The first-order valence-corrected chi connectivity index (χ1v) is 9.22. The van der Waals surface area contributed by atoms with Gasteiger partial charge in [-0.05, 0) is 29.7 Å². The van der Waals surface area contributed by atoms with Gasteiger partial charge in [0.25, 0.3) is 5.56 Å². The Hall–Kier alpha value is -4.66. The molecular formula is C22H14N4O5. The molecule has 152 valence electrons. The lowest BCUT2D eigenvalue weighted by Gasteiger charge is -2.10. The van der Waals surface area contributed by atoms with Crippen LogP contribution in [0.3, 0.4) is 0 Å². The van der Waals surface area contributed by atoms with E-state index in [1.807, 2.05) is 42.5 Å². The third-order valence-corrected chi connectivity index (χ3v) is 4.62. The summed E-state index contributed by atoms with van der Waals surface area (Å²) in [5, 5.41) is 15.0. The van der Waals surface area contributed by atoms with Crippen molar-refractivity contribution in [1.82, 2.24) is 19.7 Å². The molecule has 2 N–H and O–H groups in total. The van der Waals surface area contributed by atoms with Gasteiger partial charge < -0.3 is 14.6 Å². The van der Waals surface area contributed by atoms with Crippen molar-refractivity contribution in [3.8, 4) is 23.2 Å². The summed E-state index contributed by atoms with van der Waals surface area (Å²) in [7, 11) is 0. The molecule has 0 saturated heterocycles. The lowest BCUT2D eigenvalue weighted by molar-refractivity contribution is 0.144. The van der Waals surface area contributed by atoms with Gasteiger partial charge in [-0.1, -0.05) is 36.4 Å². The van der Waals surface area contributed by atoms with E-state index in [2.05, 4.69) is 19.8 Å². The van der Waals surface area contributed by atoms with Gasteiger partial charge in [0.1, 0.15) is 11.5 Å². The zero-order chi connectivity index (χ0) is 21.4. The number of carboxylic acid groups (broad SMARTS) is 1. The largest absolute Gasteiger partial charge is 0.511 e. The average molecular weight is 414 g/mol. The third kappa shape index (κ3) is 3.55. The monoisotopic (exact) mass is 414 g/mol. The predicted octanol–water partition coefficient (Wildman–Crippen LogP) is 4.11. The molecule has 0 unspecified atom stereocenters. The second kappa shape index (κ2) is 7.30. The molecule has 0 amide bonds. The maximum absolute atomic E-state index is 12.7. The smallest absolute Gasteiger partial charge is 0.457 e. The molecule has 0 aliphatic heterocycles. The Kier molecular flexibility index (Phi) is 4.33. The number of hydrogen-bond acceptors (Lipinski definition) is 6. The molecule has 2 heterocycles. The average Bonchev–Trinajstić information content (AvgIpc) is 3.22. The number of ether oxygens (including phenoxy) is 2. The molecule has 0 atom stereocenters. The molecule has 3 aromatic carbocycles. The molecule has 5 rings (SSSR count). The molecule has 9 heteroatoms. The number of carbonyl (C=O) groups is 1. The summed E-state index contributed by atoms with van der Waals surface area (Å²) in [6.07, 6.45) is 1.05. The van der Waals surface area contributed by atoms with Gasteiger partial charge in [-0.25, -0.2) is 14.5 Å². The first kappa shape index (κ1) is 18.4. The summed E-state index contributed by atoms with van der Waals surface area (Å²) >= 11 is 0. The Morgan fingerprint density at radius 2 is 1.84 bits per heavy atom. The fourth-order valence-corrected chi connectivity index (χ4v) is 3.26. The summed E-state index contributed by atoms with van der Waals surface area (Å²) in [6, 6.07) is 18.7. The Balaban J connectivity index is 1.50. The first-order chi connectivity index (χ1) is 15.1. The Bertz CT molecular complexity index is 1500. The van der Waals surface area contributed by atoms with Crippen LogP contribution in [0.2, 0.25) is 0 Å². The quantitative estimate of drug-likeness (QED) is 0.425. The number of H-pyrrole nitrogens is 1. The maximum atomic E-state index is 12.7. The molecule has 0 radical (unpaired) electrons. The van der Waals surface area contributed by atoms with Crippen molar-refractivity contribution in [3.05, 3.63) is 83.4 Å². The summed E-state index contributed by atoms with van der Waals surface area (Å²) < 4.78 is 11.8. The van der Waals surface area contributed by atoms with Crippen molar-refractivity contribution >= 4 is 27.8 Å². The van der Waals surface area contributed by atoms with E-state index in [-0.39, 0.29) is 17.3 Å². The second-order valence-corrected chi connectivity index (χ2v) is 6.64. The zero-order valence-electron chi connectivity index (χ0n) is 15.9. The number of fused-ring (bicyclic) bond motifs is 2. The molecule has 0 aliphatic carbocycles.